The number of rotatable bonds is 9. The van der Waals surface area contributed by atoms with Gasteiger partial charge in [-0.05, 0) is 5.83 Å². The number of alkyl halides is 1. The van der Waals surface area contributed by atoms with Gasteiger partial charge in [0.1, 0.15) is 0 Å². The van der Waals surface area contributed by atoms with Gasteiger partial charge in [-0.2, -0.15) is 0 Å². The molecule has 0 heterocycles. The predicted molar refractivity (Wildman–Crippen MR) is 135 cm³/mol. The van der Waals surface area contributed by atoms with E-state index in [9.17, 15) is 30.6 Å². The van der Waals surface area contributed by atoms with Crippen LogP contribution in [0.3, 0.4) is 0 Å². The van der Waals surface area contributed by atoms with E-state index in [1.54, 1.807) is 18.2 Å². The summed E-state index contributed by atoms with van der Waals surface area (Å²) in [7, 11) is 0. The van der Waals surface area contributed by atoms with Crippen LogP contribution < -0.4 is 0 Å². The normalized spacial score (nSPS) is 10.6. The molecular weight excluding hydrogens is 555 g/mol. The van der Waals surface area contributed by atoms with Crippen LogP contribution >= 0.6 is 15.9 Å². The fourth-order valence-corrected chi connectivity index (χ4v) is 7.85. The van der Waals surface area contributed by atoms with Crippen molar-refractivity contribution < 1.29 is 30.6 Å². The Hall–Kier alpha value is -2.54. The zero-order valence-corrected chi connectivity index (χ0v) is 21.7. The third-order valence-electron chi connectivity index (χ3n) is 5.16. The SMILES string of the molecule is CBr.Oc1ccc(CC[Se+](CCc2ccc(O)c(O)c2)CCc2ccc(O)c(O)c2)cc1O. The zero-order valence-electron chi connectivity index (χ0n) is 18.4. The molecule has 0 fully saturated rings. The molecule has 0 spiro atoms. The predicted octanol–water partition coefficient (Wildman–Crippen LogP) is 5.45. The maximum atomic E-state index is 9.74. The molecule has 6 nitrogen and oxygen atoms in total. The minimum atomic E-state index is -1.10. The van der Waals surface area contributed by atoms with Gasteiger partial charge in [-0.25, -0.2) is 0 Å². The minimum absolute atomic E-state index is 0.117. The van der Waals surface area contributed by atoms with Crippen LogP contribution in [0.2, 0.25) is 16.0 Å². The molecule has 3 aromatic rings. The van der Waals surface area contributed by atoms with Crippen molar-refractivity contribution in [3.8, 4) is 34.5 Å². The number of phenolic OH excluding ortho intramolecular Hbond substituents is 6. The molecule has 0 aliphatic heterocycles. The van der Waals surface area contributed by atoms with Crippen LogP contribution in [-0.2, 0) is 19.3 Å². The first-order chi connectivity index (χ1) is 15.8. The summed E-state index contributed by atoms with van der Waals surface area (Å²) in [4.78, 5) is 0. The Balaban J connectivity index is 0.00000187. The number of phenols is 6. The number of benzene rings is 3. The number of aryl methyl sites for hydroxylation is 3. The van der Waals surface area contributed by atoms with Crippen molar-refractivity contribution in [3.05, 3.63) is 71.3 Å². The Bertz CT molecular complexity index is 911. The van der Waals surface area contributed by atoms with Gasteiger partial charge in [0.15, 0.2) is 0 Å². The molecule has 8 heteroatoms. The summed E-state index contributed by atoms with van der Waals surface area (Å²) in [6.45, 7) is 0. The Labute approximate surface area is 206 Å². The van der Waals surface area contributed by atoms with Crippen molar-refractivity contribution in [2.45, 2.75) is 35.2 Å². The molecule has 0 bridgehead atoms. The standard InChI is InChI=1S/C24H26O6Se.CH3Br/c25-19-4-1-16(13-22(19)28)7-10-31(11-8-17-2-5-20(26)23(29)14-17)12-9-18-3-6-21(27)24(30)15-18;1-2/h1-6,13-15H,7-12H2,(H5-,25,26,27,28,29,30);1H3/p+1. The van der Waals surface area contributed by atoms with Gasteiger partial charge in [-0.15, -0.1) is 0 Å². The van der Waals surface area contributed by atoms with E-state index in [-0.39, 0.29) is 34.5 Å². The van der Waals surface area contributed by atoms with E-state index >= 15 is 0 Å². The van der Waals surface area contributed by atoms with Gasteiger partial charge in [-0.3, -0.25) is 0 Å². The molecule has 0 radical (unpaired) electrons. The van der Waals surface area contributed by atoms with Crippen LogP contribution in [0.25, 0.3) is 0 Å². The second-order valence-corrected chi connectivity index (χ2v) is 12.6. The van der Waals surface area contributed by atoms with Crippen LogP contribution in [0.4, 0.5) is 0 Å². The Kier molecular flexibility index (Phi) is 10.7. The Morgan fingerprint density at radius 1 is 0.485 bits per heavy atom. The first-order valence-corrected chi connectivity index (χ1v) is 15.6. The van der Waals surface area contributed by atoms with Crippen molar-refractivity contribution in [2.24, 2.45) is 0 Å². The summed E-state index contributed by atoms with van der Waals surface area (Å²) in [5.41, 5.74) is 2.90. The van der Waals surface area contributed by atoms with Gasteiger partial charge in [0.25, 0.3) is 0 Å². The third kappa shape index (κ3) is 8.39. The molecule has 0 amide bonds. The third-order valence-corrected chi connectivity index (χ3v) is 10.1. The number of aromatic hydroxyl groups is 6. The van der Waals surface area contributed by atoms with Gasteiger partial charge in [0.2, 0.25) is 0 Å². The molecule has 0 saturated heterocycles. The second kappa shape index (κ2) is 13.2. The maximum absolute atomic E-state index is 9.74. The van der Waals surface area contributed by atoms with E-state index < -0.39 is 13.9 Å². The monoisotopic (exact) mass is 585 g/mol. The van der Waals surface area contributed by atoms with E-state index in [4.69, 9.17) is 0 Å². The summed E-state index contributed by atoms with van der Waals surface area (Å²) in [6, 6.07) is 14.7. The van der Waals surface area contributed by atoms with E-state index in [1.165, 1.54) is 18.2 Å². The van der Waals surface area contributed by atoms with E-state index in [2.05, 4.69) is 15.9 Å². The molecule has 33 heavy (non-hydrogen) atoms. The summed E-state index contributed by atoms with van der Waals surface area (Å²) < 4.78 is 0. The first-order valence-electron chi connectivity index (χ1n) is 10.4. The van der Waals surface area contributed by atoms with Gasteiger partial charge in [-0.1, -0.05) is 15.9 Å². The summed E-state index contributed by atoms with van der Waals surface area (Å²) in [5.74, 6) is 1.07. The number of hydrogen-bond acceptors (Lipinski definition) is 6. The molecule has 0 aromatic heterocycles. The average Bonchev–Trinajstić information content (AvgIpc) is 2.81. The van der Waals surface area contributed by atoms with Gasteiger partial charge in [0.05, 0.1) is 0 Å². The van der Waals surface area contributed by atoms with Crippen LogP contribution in [0.1, 0.15) is 16.7 Å². The summed E-state index contributed by atoms with van der Waals surface area (Å²) >= 11 is 1.84. The summed E-state index contributed by atoms with van der Waals surface area (Å²) in [6.07, 6.45) is 2.38. The van der Waals surface area contributed by atoms with Crippen LogP contribution in [-0.4, -0.2) is 50.4 Å². The van der Waals surface area contributed by atoms with Crippen LogP contribution in [0, 0.1) is 0 Å². The molecule has 3 rings (SSSR count). The van der Waals surface area contributed by atoms with Crippen molar-refractivity contribution in [2.75, 3.05) is 5.83 Å². The van der Waals surface area contributed by atoms with Crippen LogP contribution in [0.5, 0.6) is 34.5 Å². The topological polar surface area (TPSA) is 121 Å². The first kappa shape index (κ1) is 26.7. The van der Waals surface area contributed by atoms with Crippen LogP contribution in [0.15, 0.2) is 54.6 Å². The number of hydrogen-bond donors (Lipinski definition) is 6. The van der Waals surface area contributed by atoms with Gasteiger partial charge in [0, 0.05) is 0 Å². The second-order valence-electron chi connectivity index (χ2n) is 7.44. The van der Waals surface area contributed by atoms with Crippen molar-refractivity contribution in [3.63, 3.8) is 0 Å². The molecular formula is C25H30BrO6Se+. The van der Waals surface area contributed by atoms with E-state index in [0.29, 0.717) is 0 Å². The van der Waals surface area contributed by atoms with Crippen molar-refractivity contribution in [1.82, 2.24) is 0 Å². The zero-order chi connectivity index (χ0) is 24.4. The fourth-order valence-electron chi connectivity index (χ4n) is 3.27. The molecule has 0 unspecified atom stereocenters. The fraction of sp³-hybridized carbons (Fsp3) is 0.280. The molecule has 6 N–H and O–H groups in total. The van der Waals surface area contributed by atoms with Gasteiger partial charge >= 0.3 is 186 Å². The van der Waals surface area contributed by atoms with Gasteiger partial charge < -0.3 is 0 Å². The molecule has 0 saturated carbocycles. The molecule has 3 aromatic carbocycles. The van der Waals surface area contributed by atoms with Crippen molar-refractivity contribution in [1.29, 1.82) is 0 Å². The average molecular weight is 585 g/mol. The molecule has 0 aliphatic carbocycles. The molecule has 178 valence electrons. The quantitative estimate of drug-likeness (QED) is 0.113. The van der Waals surface area contributed by atoms with E-state index in [0.717, 1.165) is 51.9 Å². The summed E-state index contributed by atoms with van der Waals surface area (Å²) in [5, 5.41) is 60.7. The van der Waals surface area contributed by atoms with E-state index in [1.807, 2.05) is 24.0 Å². The Morgan fingerprint density at radius 2 is 0.758 bits per heavy atom. The molecule has 0 atom stereocenters. The molecule has 0 aliphatic rings. The number of halogens is 1. The van der Waals surface area contributed by atoms with Crippen molar-refractivity contribution >= 4 is 29.8 Å². The Morgan fingerprint density at radius 3 is 1.00 bits per heavy atom.